The lowest BCUT2D eigenvalue weighted by Crippen LogP contribution is -2.24. The normalized spacial score (nSPS) is 10.0. The predicted octanol–water partition coefficient (Wildman–Crippen LogP) is 2.07. The van der Waals surface area contributed by atoms with Gasteiger partial charge in [0.05, 0.1) is 7.11 Å². The van der Waals surface area contributed by atoms with E-state index in [1.54, 1.807) is 18.2 Å². The molecule has 0 radical (unpaired) electrons. The molecule has 5 nitrogen and oxygen atoms in total. The lowest BCUT2D eigenvalue weighted by molar-refractivity contribution is 0.0944. The highest BCUT2D eigenvalue weighted by Crippen LogP contribution is 2.14. The number of nitrogens with one attached hydrogen (secondary N) is 1. The van der Waals surface area contributed by atoms with E-state index in [2.05, 4.69) is 15.5 Å². The van der Waals surface area contributed by atoms with Crippen LogP contribution < -0.4 is 10.1 Å². The van der Waals surface area contributed by atoms with Gasteiger partial charge in [0.15, 0.2) is 5.69 Å². The van der Waals surface area contributed by atoms with Gasteiger partial charge in [-0.05, 0) is 17.7 Å². The maximum absolute atomic E-state index is 11.8. The summed E-state index contributed by atoms with van der Waals surface area (Å²) in [6.07, 6.45) is 0. The third-order valence-corrected chi connectivity index (χ3v) is 2.85. The van der Waals surface area contributed by atoms with Crippen molar-refractivity contribution in [3.63, 3.8) is 0 Å². The minimum atomic E-state index is -0.310. The molecule has 2 rings (SSSR count). The first-order valence-electron chi connectivity index (χ1n) is 5.60. The van der Waals surface area contributed by atoms with Crippen LogP contribution in [0.5, 0.6) is 5.88 Å². The Morgan fingerprint density at radius 2 is 2.05 bits per heavy atom. The molecule has 0 aliphatic rings. The SMILES string of the molecule is COc1ccc(C(=O)NCc2ccccc2Cl)nn1. The van der Waals surface area contributed by atoms with Gasteiger partial charge in [0.1, 0.15) is 0 Å². The first kappa shape index (κ1) is 13.3. The zero-order valence-corrected chi connectivity index (χ0v) is 11.0. The zero-order chi connectivity index (χ0) is 13.7. The summed E-state index contributed by atoms with van der Waals surface area (Å²) < 4.78 is 4.87. The maximum atomic E-state index is 11.8. The number of amides is 1. The molecule has 0 aliphatic heterocycles. The number of halogens is 1. The number of benzene rings is 1. The van der Waals surface area contributed by atoms with Crippen molar-refractivity contribution in [2.45, 2.75) is 6.54 Å². The molecule has 0 unspecified atom stereocenters. The molecule has 2 aromatic rings. The number of carbonyl (C=O) groups is 1. The van der Waals surface area contributed by atoms with Crippen molar-refractivity contribution in [3.05, 3.63) is 52.7 Å². The molecule has 0 atom stereocenters. The van der Waals surface area contributed by atoms with Gasteiger partial charge >= 0.3 is 0 Å². The molecule has 0 fully saturated rings. The highest BCUT2D eigenvalue weighted by atomic mass is 35.5. The Kier molecular flexibility index (Phi) is 4.30. The molecule has 1 aromatic heterocycles. The Labute approximate surface area is 115 Å². The summed E-state index contributed by atoms with van der Waals surface area (Å²) in [5, 5.41) is 10.8. The van der Waals surface area contributed by atoms with Gasteiger partial charge in [-0.1, -0.05) is 29.8 Å². The average molecular weight is 278 g/mol. The van der Waals surface area contributed by atoms with Crippen LogP contribution in [0.2, 0.25) is 5.02 Å². The Morgan fingerprint density at radius 3 is 2.68 bits per heavy atom. The fraction of sp³-hybridized carbons (Fsp3) is 0.154. The Balaban J connectivity index is 1.99. The molecular weight excluding hydrogens is 266 g/mol. The van der Waals surface area contributed by atoms with E-state index in [0.717, 1.165) is 5.56 Å². The quantitative estimate of drug-likeness (QED) is 0.929. The third-order valence-electron chi connectivity index (χ3n) is 2.48. The Hall–Kier alpha value is -2.14. The summed E-state index contributed by atoms with van der Waals surface area (Å²) in [6.45, 7) is 0.339. The van der Waals surface area contributed by atoms with E-state index in [9.17, 15) is 4.79 Å². The van der Waals surface area contributed by atoms with Crippen LogP contribution in [0.15, 0.2) is 36.4 Å². The highest BCUT2D eigenvalue weighted by Gasteiger charge is 2.08. The van der Waals surface area contributed by atoms with E-state index in [-0.39, 0.29) is 11.6 Å². The van der Waals surface area contributed by atoms with Crippen molar-refractivity contribution >= 4 is 17.5 Å². The lowest BCUT2D eigenvalue weighted by atomic mass is 10.2. The van der Waals surface area contributed by atoms with E-state index >= 15 is 0 Å². The molecule has 0 saturated heterocycles. The molecular formula is C13H12ClN3O2. The molecule has 1 amide bonds. The molecule has 1 heterocycles. The zero-order valence-electron chi connectivity index (χ0n) is 10.3. The lowest BCUT2D eigenvalue weighted by Gasteiger charge is -2.06. The van der Waals surface area contributed by atoms with E-state index in [4.69, 9.17) is 16.3 Å². The van der Waals surface area contributed by atoms with Crippen molar-refractivity contribution in [3.8, 4) is 5.88 Å². The number of carbonyl (C=O) groups excluding carboxylic acids is 1. The van der Waals surface area contributed by atoms with Crippen LogP contribution in [-0.2, 0) is 6.54 Å². The number of rotatable bonds is 4. The van der Waals surface area contributed by atoms with Gasteiger partial charge in [-0.15, -0.1) is 10.2 Å². The molecule has 0 spiro atoms. The van der Waals surface area contributed by atoms with Crippen molar-refractivity contribution < 1.29 is 9.53 Å². The summed E-state index contributed by atoms with van der Waals surface area (Å²) >= 11 is 6.00. The minimum Gasteiger partial charge on any atom is -0.480 e. The molecule has 1 N–H and O–H groups in total. The second-order valence-electron chi connectivity index (χ2n) is 3.74. The van der Waals surface area contributed by atoms with Crippen LogP contribution in [0.25, 0.3) is 0 Å². The smallest absolute Gasteiger partial charge is 0.272 e. The Bertz CT molecular complexity index is 572. The van der Waals surface area contributed by atoms with E-state index in [0.29, 0.717) is 17.4 Å². The third kappa shape index (κ3) is 3.42. The monoisotopic (exact) mass is 277 g/mol. The molecule has 1 aromatic carbocycles. The van der Waals surface area contributed by atoms with Crippen LogP contribution in [0.3, 0.4) is 0 Å². The van der Waals surface area contributed by atoms with Crippen LogP contribution in [0.1, 0.15) is 16.1 Å². The molecule has 0 bridgehead atoms. The van der Waals surface area contributed by atoms with Crippen molar-refractivity contribution in [1.82, 2.24) is 15.5 Å². The number of aromatic nitrogens is 2. The van der Waals surface area contributed by atoms with Crippen molar-refractivity contribution in [2.24, 2.45) is 0 Å². The van der Waals surface area contributed by atoms with Gasteiger partial charge in [0, 0.05) is 17.6 Å². The summed E-state index contributed by atoms with van der Waals surface area (Å²) in [4.78, 5) is 11.8. The highest BCUT2D eigenvalue weighted by molar-refractivity contribution is 6.31. The van der Waals surface area contributed by atoms with Gasteiger partial charge in [0.2, 0.25) is 5.88 Å². The molecule has 0 aliphatic carbocycles. The van der Waals surface area contributed by atoms with Gasteiger partial charge in [-0.25, -0.2) is 0 Å². The van der Waals surface area contributed by atoms with E-state index in [1.165, 1.54) is 7.11 Å². The van der Waals surface area contributed by atoms with Gasteiger partial charge in [-0.3, -0.25) is 4.79 Å². The van der Waals surface area contributed by atoms with Crippen LogP contribution in [0, 0.1) is 0 Å². The summed E-state index contributed by atoms with van der Waals surface area (Å²) in [5.41, 5.74) is 1.08. The maximum Gasteiger partial charge on any atom is 0.272 e. The number of hydrogen-bond acceptors (Lipinski definition) is 4. The first-order chi connectivity index (χ1) is 9.20. The standard InChI is InChI=1S/C13H12ClN3O2/c1-19-12-7-6-11(16-17-12)13(18)15-8-9-4-2-3-5-10(9)14/h2-7H,8H2,1H3,(H,15,18). The van der Waals surface area contributed by atoms with Crippen LogP contribution in [-0.4, -0.2) is 23.2 Å². The molecule has 19 heavy (non-hydrogen) atoms. The van der Waals surface area contributed by atoms with Crippen LogP contribution >= 0.6 is 11.6 Å². The average Bonchev–Trinajstić information content (AvgIpc) is 2.46. The first-order valence-corrected chi connectivity index (χ1v) is 5.98. The number of methoxy groups -OCH3 is 1. The van der Waals surface area contributed by atoms with E-state index in [1.807, 2.05) is 18.2 Å². The van der Waals surface area contributed by atoms with Crippen molar-refractivity contribution in [2.75, 3.05) is 7.11 Å². The molecule has 98 valence electrons. The summed E-state index contributed by atoms with van der Waals surface area (Å²) in [7, 11) is 1.49. The second-order valence-corrected chi connectivity index (χ2v) is 4.14. The molecule has 0 saturated carbocycles. The number of ether oxygens (including phenoxy) is 1. The van der Waals surface area contributed by atoms with Gasteiger partial charge in [-0.2, -0.15) is 0 Å². The van der Waals surface area contributed by atoms with Gasteiger partial charge < -0.3 is 10.1 Å². The number of hydrogen-bond donors (Lipinski definition) is 1. The minimum absolute atomic E-state index is 0.229. The summed E-state index contributed by atoms with van der Waals surface area (Å²) in [5.74, 6) is 0.0535. The van der Waals surface area contributed by atoms with Crippen molar-refractivity contribution in [1.29, 1.82) is 0 Å². The molecule has 6 heteroatoms. The number of nitrogens with zero attached hydrogens (tertiary/aromatic N) is 2. The van der Waals surface area contributed by atoms with Gasteiger partial charge in [0.25, 0.3) is 5.91 Å². The fourth-order valence-electron chi connectivity index (χ4n) is 1.46. The Morgan fingerprint density at radius 1 is 1.26 bits per heavy atom. The largest absolute Gasteiger partial charge is 0.480 e. The van der Waals surface area contributed by atoms with Crippen LogP contribution in [0.4, 0.5) is 0 Å². The summed E-state index contributed by atoms with van der Waals surface area (Å²) in [6, 6.07) is 10.5. The fourth-order valence-corrected chi connectivity index (χ4v) is 1.66. The van der Waals surface area contributed by atoms with E-state index < -0.39 is 0 Å². The topological polar surface area (TPSA) is 64.1 Å². The second kappa shape index (κ2) is 6.15. The predicted molar refractivity (Wildman–Crippen MR) is 71.2 cm³/mol.